The lowest BCUT2D eigenvalue weighted by Crippen LogP contribution is -2.33. The topological polar surface area (TPSA) is 71.1 Å². The lowest BCUT2D eigenvalue weighted by molar-refractivity contribution is 0.473. The van der Waals surface area contributed by atoms with Gasteiger partial charge in [-0.3, -0.25) is 0 Å². The molecule has 6 nitrogen and oxygen atoms in total. The van der Waals surface area contributed by atoms with Crippen LogP contribution in [-0.2, 0) is 6.54 Å². The fraction of sp³-hybridized carbons (Fsp3) is 0.250. The molecule has 33 heavy (non-hydrogen) atoms. The number of ether oxygens (including phenoxy) is 1. The Bertz CT molecular complexity index is 1170. The zero-order valence-electron chi connectivity index (χ0n) is 18.8. The monoisotopic (exact) mass is 505 g/mol. The highest BCUT2D eigenvalue weighted by Gasteiger charge is 2.12. The highest BCUT2D eigenvalue weighted by molar-refractivity contribution is 7.13. The predicted octanol–water partition coefficient (Wildman–Crippen LogP) is 6.08. The molecule has 2 heterocycles. The maximum absolute atomic E-state index is 6.44. The Morgan fingerprint density at radius 3 is 2.61 bits per heavy atom. The van der Waals surface area contributed by atoms with Crippen LogP contribution < -0.4 is 20.7 Å². The molecule has 3 N–H and O–H groups in total. The molecule has 9 heteroatoms. The van der Waals surface area contributed by atoms with Crippen molar-refractivity contribution in [1.82, 2.24) is 20.6 Å². The molecule has 0 saturated heterocycles. The van der Waals surface area contributed by atoms with Gasteiger partial charge in [0.15, 0.2) is 5.13 Å². The summed E-state index contributed by atoms with van der Waals surface area (Å²) in [5.41, 5.74) is 1.98. The number of fused-ring (bicyclic) bond motifs is 1. The SMILES string of the molecule is CNC(C)CNCc1cnc(Nc2nc(C)cs2)cc1Oc1cccc2ccccc12.Cl.Cl. The summed E-state index contributed by atoms with van der Waals surface area (Å²) in [6.45, 7) is 5.63. The molecule has 4 rings (SSSR count). The van der Waals surface area contributed by atoms with E-state index >= 15 is 0 Å². The maximum Gasteiger partial charge on any atom is 0.188 e. The lowest BCUT2D eigenvalue weighted by atomic mass is 10.1. The lowest BCUT2D eigenvalue weighted by Gasteiger charge is -2.16. The van der Waals surface area contributed by atoms with Gasteiger partial charge in [0.25, 0.3) is 0 Å². The minimum Gasteiger partial charge on any atom is -0.456 e. The number of anilines is 2. The summed E-state index contributed by atoms with van der Waals surface area (Å²) >= 11 is 1.56. The van der Waals surface area contributed by atoms with Crippen LogP contribution in [0.1, 0.15) is 18.2 Å². The number of hydrogen-bond donors (Lipinski definition) is 3. The van der Waals surface area contributed by atoms with E-state index in [1.165, 1.54) is 0 Å². The first-order chi connectivity index (χ1) is 15.1. The van der Waals surface area contributed by atoms with Gasteiger partial charge < -0.3 is 20.7 Å². The molecule has 0 aliphatic carbocycles. The molecular weight excluding hydrogens is 477 g/mol. The standard InChI is InChI=1S/C24H27N5OS.2ClH/c1-16(25-3)12-26-13-19-14-27-23(29-24-28-17(2)15-31-24)11-22(19)30-21-10-6-8-18-7-4-5-9-20(18)21;;/h4-11,14-16,25-26H,12-13H2,1-3H3,(H,27,28,29);2*1H. The zero-order chi connectivity index (χ0) is 21.6. The summed E-state index contributed by atoms with van der Waals surface area (Å²) in [6.07, 6.45) is 1.86. The van der Waals surface area contributed by atoms with Crippen LogP contribution in [0.5, 0.6) is 11.5 Å². The van der Waals surface area contributed by atoms with Crippen LogP contribution in [0, 0.1) is 6.92 Å². The minimum absolute atomic E-state index is 0. The Labute approximate surface area is 211 Å². The molecule has 0 spiro atoms. The second kappa shape index (κ2) is 12.7. The summed E-state index contributed by atoms with van der Waals surface area (Å²) in [5.74, 6) is 2.30. The van der Waals surface area contributed by atoms with Gasteiger partial charge in [-0.2, -0.15) is 0 Å². The van der Waals surface area contributed by atoms with Gasteiger partial charge in [-0.15, -0.1) is 36.2 Å². The van der Waals surface area contributed by atoms with Crippen LogP contribution >= 0.6 is 36.2 Å². The summed E-state index contributed by atoms with van der Waals surface area (Å²) in [6, 6.07) is 16.7. The van der Waals surface area contributed by atoms with E-state index in [4.69, 9.17) is 4.74 Å². The van der Waals surface area contributed by atoms with Crippen molar-refractivity contribution in [3.8, 4) is 11.5 Å². The average Bonchev–Trinajstić information content (AvgIpc) is 3.19. The van der Waals surface area contributed by atoms with Crippen LogP contribution in [0.3, 0.4) is 0 Å². The molecule has 2 aromatic heterocycles. The molecule has 0 saturated carbocycles. The summed E-state index contributed by atoms with van der Waals surface area (Å²) in [4.78, 5) is 9.05. The maximum atomic E-state index is 6.44. The number of halogens is 2. The number of aromatic nitrogens is 2. The third kappa shape index (κ3) is 7.03. The molecule has 0 bridgehead atoms. The number of aryl methyl sites for hydroxylation is 1. The van der Waals surface area contributed by atoms with E-state index in [9.17, 15) is 0 Å². The van der Waals surface area contributed by atoms with Gasteiger partial charge in [0.1, 0.15) is 17.3 Å². The van der Waals surface area contributed by atoms with E-state index in [0.717, 1.165) is 45.2 Å². The zero-order valence-corrected chi connectivity index (χ0v) is 21.2. The van der Waals surface area contributed by atoms with Crippen molar-refractivity contribution in [1.29, 1.82) is 0 Å². The first kappa shape index (κ1) is 26.8. The molecule has 0 aliphatic heterocycles. The van der Waals surface area contributed by atoms with Gasteiger partial charge in [0, 0.05) is 47.7 Å². The number of benzene rings is 2. The smallest absolute Gasteiger partial charge is 0.188 e. The second-order valence-electron chi connectivity index (χ2n) is 7.50. The molecule has 0 amide bonds. The average molecular weight is 507 g/mol. The first-order valence-corrected chi connectivity index (χ1v) is 11.2. The molecule has 4 aromatic rings. The fourth-order valence-electron chi connectivity index (χ4n) is 3.21. The van der Waals surface area contributed by atoms with E-state index in [0.29, 0.717) is 18.4 Å². The van der Waals surface area contributed by atoms with Crippen molar-refractivity contribution < 1.29 is 4.74 Å². The van der Waals surface area contributed by atoms with Crippen molar-refractivity contribution >= 4 is 57.9 Å². The van der Waals surface area contributed by atoms with Gasteiger partial charge >= 0.3 is 0 Å². The van der Waals surface area contributed by atoms with E-state index in [2.05, 4.69) is 51.0 Å². The quantitative estimate of drug-likeness (QED) is 0.256. The van der Waals surface area contributed by atoms with E-state index in [-0.39, 0.29) is 24.8 Å². The molecule has 176 valence electrons. The Hall–Kier alpha value is -2.42. The third-order valence-corrected chi connectivity index (χ3v) is 5.90. The highest BCUT2D eigenvalue weighted by atomic mass is 35.5. The number of hydrogen-bond acceptors (Lipinski definition) is 7. The summed E-state index contributed by atoms with van der Waals surface area (Å²) in [5, 5.41) is 15.0. The molecule has 0 radical (unpaired) electrons. The molecule has 0 aliphatic rings. The molecule has 2 aromatic carbocycles. The number of thiazole rings is 1. The van der Waals surface area contributed by atoms with Gasteiger partial charge in [-0.1, -0.05) is 36.4 Å². The normalized spacial score (nSPS) is 11.4. The van der Waals surface area contributed by atoms with Crippen molar-refractivity contribution in [2.75, 3.05) is 18.9 Å². The fourth-order valence-corrected chi connectivity index (χ4v) is 3.91. The van der Waals surface area contributed by atoms with Gasteiger partial charge in [0.2, 0.25) is 0 Å². The van der Waals surface area contributed by atoms with Crippen molar-refractivity contribution in [3.63, 3.8) is 0 Å². The predicted molar refractivity (Wildman–Crippen MR) is 143 cm³/mol. The Balaban J connectivity index is 0.00000193. The first-order valence-electron chi connectivity index (χ1n) is 10.3. The van der Waals surface area contributed by atoms with E-state index in [1.807, 2.05) is 55.9 Å². The minimum atomic E-state index is 0. The largest absolute Gasteiger partial charge is 0.456 e. The van der Waals surface area contributed by atoms with Crippen molar-refractivity contribution in [2.24, 2.45) is 0 Å². The number of nitrogens with one attached hydrogen (secondary N) is 3. The van der Waals surface area contributed by atoms with Crippen LogP contribution in [0.2, 0.25) is 0 Å². The Morgan fingerprint density at radius 1 is 1.06 bits per heavy atom. The van der Waals surface area contributed by atoms with Gasteiger partial charge in [0.05, 0.1) is 5.69 Å². The molecule has 0 fully saturated rings. The van der Waals surface area contributed by atoms with Crippen molar-refractivity contribution in [2.45, 2.75) is 26.4 Å². The van der Waals surface area contributed by atoms with Gasteiger partial charge in [-0.25, -0.2) is 9.97 Å². The van der Waals surface area contributed by atoms with Crippen LogP contribution in [0.15, 0.2) is 60.1 Å². The van der Waals surface area contributed by atoms with E-state index in [1.54, 1.807) is 11.3 Å². The molecule has 1 unspecified atom stereocenters. The van der Waals surface area contributed by atoms with Crippen LogP contribution in [-0.4, -0.2) is 29.6 Å². The second-order valence-corrected chi connectivity index (χ2v) is 8.35. The Morgan fingerprint density at radius 2 is 1.85 bits per heavy atom. The van der Waals surface area contributed by atoms with Gasteiger partial charge in [-0.05, 0) is 32.3 Å². The van der Waals surface area contributed by atoms with Crippen molar-refractivity contribution in [3.05, 3.63) is 71.4 Å². The molecule has 1 atom stereocenters. The molecular formula is C24H29Cl2N5OS. The number of nitrogens with zero attached hydrogens (tertiary/aromatic N) is 2. The highest BCUT2D eigenvalue weighted by Crippen LogP contribution is 2.33. The third-order valence-electron chi connectivity index (χ3n) is 5.03. The number of rotatable bonds is 9. The number of likely N-dealkylation sites (N-methyl/N-ethyl adjacent to an activating group) is 1. The van der Waals surface area contributed by atoms with Crippen LogP contribution in [0.4, 0.5) is 10.9 Å². The van der Waals surface area contributed by atoms with E-state index < -0.39 is 0 Å². The van der Waals surface area contributed by atoms with Crippen LogP contribution in [0.25, 0.3) is 10.8 Å². The number of pyridine rings is 1. The Kier molecular flexibility index (Phi) is 10.3. The summed E-state index contributed by atoms with van der Waals surface area (Å²) in [7, 11) is 1.96. The summed E-state index contributed by atoms with van der Waals surface area (Å²) < 4.78 is 6.44.